The molecule has 3 aliphatic heterocycles. The Morgan fingerprint density at radius 2 is 1.23 bits per heavy atom. The molecule has 0 radical (unpaired) electrons. The van der Waals surface area contributed by atoms with E-state index < -0.39 is 24.3 Å². The number of H-pyrrole nitrogens is 1. The molecule has 2 fully saturated rings. The first-order chi connectivity index (χ1) is 27.2. The summed E-state index contributed by atoms with van der Waals surface area (Å²) in [5.41, 5.74) is 7.06. The molecule has 1 aromatic heterocycles. The molecule has 0 bridgehead atoms. The number of ether oxygens (including phenoxy) is 4. The van der Waals surface area contributed by atoms with Gasteiger partial charge in [0.15, 0.2) is 0 Å². The molecule has 4 atom stereocenters. The lowest BCUT2D eigenvalue weighted by atomic mass is 9.96. The van der Waals surface area contributed by atoms with Gasteiger partial charge in [-0.1, -0.05) is 48.5 Å². The van der Waals surface area contributed by atoms with E-state index in [0.717, 1.165) is 64.9 Å². The van der Waals surface area contributed by atoms with Gasteiger partial charge < -0.3 is 44.4 Å². The summed E-state index contributed by atoms with van der Waals surface area (Å²) in [5, 5.41) is 5.32. The Balaban J connectivity index is 1.06. The molecule has 4 amide bonds. The highest BCUT2D eigenvalue weighted by molar-refractivity contribution is 6.03. The fourth-order valence-electron chi connectivity index (χ4n) is 7.68. The molecule has 15 nitrogen and oxygen atoms in total. The highest BCUT2D eigenvalue weighted by Crippen LogP contribution is 2.34. The molecule has 4 heterocycles. The van der Waals surface area contributed by atoms with Crippen LogP contribution in [-0.2, 0) is 28.5 Å². The predicted octanol–water partition coefficient (Wildman–Crippen LogP) is 5.11. The second kappa shape index (κ2) is 18.9. The van der Waals surface area contributed by atoms with Gasteiger partial charge in [-0.2, -0.15) is 0 Å². The third-order valence-electron chi connectivity index (χ3n) is 10.7. The van der Waals surface area contributed by atoms with Crippen LogP contribution in [0.15, 0.2) is 65.9 Å². The van der Waals surface area contributed by atoms with Crippen molar-refractivity contribution in [2.75, 3.05) is 54.7 Å². The van der Waals surface area contributed by atoms with E-state index in [4.69, 9.17) is 23.9 Å². The zero-order valence-electron chi connectivity index (χ0n) is 32.4. The first-order valence-corrected chi connectivity index (χ1v) is 19.0. The summed E-state index contributed by atoms with van der Waals surface area (Å²) in [5.74, 6) is 0.364. The number of benzene rings is 2. The summed E-state index contributed by atoms with van der Waals surface area (Å²) < 4.78 is 19.8. The number of aliphatic imine (C=N–C) groups is 1. The highest BCUT2D eigenvalue weighted by atomic mass is 16.5. The molecule has 15 heteroatoms. The molecule has 0 aliphatic carbocycles. The molecule has 0 saturated carbocycles. The van der Waals surface area contributed by atoms with Crippen molar-refractivity contribution in [3.63, 3.8) is 0 Å². The summed E-state index contributed by atoms with van der Waals surface area (Å²) in [6, 6.07) is 14.8. The molecule has 298 valence electrons. The number of amides is 4. The minimum atomic E-state index is -0.760. The van der Waals surface area contributed by atoms with E-state index in [1.807, 2.05) is 23.2 Å². The predicted molar refractivity (Wildman–Crippen MR) is 210 cm³/mol. The molecule has 3 aromatic rings. The Morgan fingerprint density at radius 1 is 0.732 bits per heavy atom. The lowest BCUT2D eigenvalue weighted by Crippen LogP contribution is -2.52. The van der Waals surface area contributed by atoms with Crippen LogP contribution in [0.1, 0.15) is 62.4 Å². The smallest absolute Gasteiger partial charge is 0.407 e. The maximum atomic E-state index is 13.6. The third kappa shape index (κ3) is 9.28. The van der Waals surface area contributed by atoms with E-state index in [1.54, 1.807) is 25.3 Å². The van der Waals surface area contributed by atoms with E-state index >= 15 is 0 Å². The zero-order chi connectivity index (χ0) is 39.6. The third-order valence-corrected chi connectivity index (χ3v) is 10.7. The van der Waals surface area contributed by atoms with Gasteiger partial charge in [0.25, 0.3) is 0 Å². The van der Waals surface area contributed by atoms with Crippen molar-refractivity contribution in [3.05, 3.63) is 72.3 Å². The van der Waals surface area contributed by atoms with E-state index in [1.165, 1.54) is 14.2 Å². The van der Waals surface area contributed by atoms with Crippen LogP contribution in [0.25, 0.3) is 28.0 Å². The molecular weight excluding hydrogens is 718 g/mol. The number of allylic oxidation sites excluding steroid dienone is 1. The molecule has 0 unspecified atom stereocenters. The molecule has 0 spiro atoms. The summed E-state index contributed by atoms with van der Waals surface area (Å²) in [6.45, 7) is 1.82. The summed E-state index contributed by atoms with van der Waals surface area (Å²) in [7, 11) is 5.67. The Kier molecular flexibility index (Phi) is 13.5. The lowest BCUT2D eigenvalue weighted by Gasteiger charge is -2.29. The van der Waals surface area contributed by atoms with E-state index in [0.29, 0.717) is 51.4 Å². The lowest BCUT2D eigenvalue weighted by molar-refractivity contribution is -0.135. The van der Waals surface area contributed by atoms with Crippen LogP contribution in [0, 0.1) is 0 Å². The molecule has 3 aliphatic rings. The number of rotatable bonds is 15. The van der Waals surface area contributed by atoms with Crippen molar-refractivity contribution in [2.45, 2.75) is 69.1 Å². The number of likely N-dealkylation sites (tertiary alicyclic amines) is 2. The van der Waals surface area contributed by atoms with Gasteiger partial charge in [-0.05, 0) is 53.5 Å². The summed E-state index contributed by atoms with van der Waals surface area (Å²) in [4.78, 5) is 67.5. The Bertz CT molecular complexity index is 1910. The maximum absolute atomic E-state index is 13.6. The number of carbonyl (C=O) groups excluding carboxylic acids is 4. The van der Waals surface area contributed by atoms with Gasteiger partial charge in [0.1, 0.15) is 17.9 Å². The zero-order valence-corrected chi connectivity index (χ0v) is 32.4. The Hall–Kier alpha value is -5.54. The van der Waals surface area contributed by atoms with Crippen molar-refractivity contribution in [1.82, 2.24) is 30.4 Å². The molecule has 6 rings (SSSR count). The summed E-state index contributed by atoms with van der Waals surface area (Å²) in [6.07, 6.45) is 6.98. The quantitative estimate of drug-likeness (QED) is 0.190. The fraction of sp³-hybridized carbons (Fsp3) is 0.463. The maximum Gasteiger partial charge on any atom is 0.407 e. The number of aromatic amines is 1. The van der Waals surface area contributed by atoms with Gasteiger partial charge >= 0.3 is 12.2 Å². The van der Waals surface area contributed by atoms with Crippen molar-refractivity contribution >= 4 is 35.3 Å². The van der Waals surface area contributed by atoms with E-state index in [9.17, 15) is 19.2 Å². The number of imidazole rings is 1. The Labute approximate surface area is 326 Å². The number of aromatic nitrogens is 2. The normalized spacial score (nSPS) is 18.9. The number of nitrogens with zero attached hydrogens (tertiary/aromatic N) is 4. The van der Waals surface area contributed by atoms with Crippen molar-refractivity contribution in [1.29, 1.82) is 0 Å². The molecule has 3 N–H and O–H groups in total. The molecule has 2 aromatic carbocycles. The van der Waals surface area contributed by atoms with Crippen molar-refractivity contribution < 1.29 is 38.1 Å². The van der Waals surface area contributed by atoms with Crippen molar-refractivity contribution in [2.24, 2.45) is 4.99 Å². The van der Waals surface area contributed by atoms with E-state index in [-0.39, 0.29) is 23.9 Å². The second-order valence-electron chi connectivity index (χ2n) is 14.1. The number of carbonyl (C=O) groups is 4. The van der Waals surface area contributed by atoms with Gasteiger partial charge in [0, 0.05) is 71.7 Å². The minimum Gasteiger partial charge on any atom is -0.453 e. The second-order valence-corrected chi connectivity index (χ2v) is 14.1. The number of nitrogens with one attached hydrogen (secondary N) is 3. The first-order valence-electron chi connectivity index (χ1n) is 19.0. The number of alkyl carbamates (subject to hydrolysis) is 2. The minimum absolute atomic E-state index is 0.127. The van der Waals surface area contributed by atoms with Crippen LogP contribution in [0.3, 0.4) is 0 Å². The SMILES string of the molecule is COCC[C@H](NC(=O)OC)C(=O)N1CCC[C@H]1C1=NC=C(c2ccc(-c3ccc(-c4cnc([C@@H]5CCCN5C(=O)[C@H](CCOC)NC(=O)OC)[nH]4)cc3)cc2)C1. The van der Waals surface area contributed by atoms with Crippen LogP contribution < -0.4 is 10.6 Å². The standard InChI is InChI=1S/C41H51N7O8/c1-53-21-17-31(45-40(51)55-3)38(49)47-19-5-7-35(47)33-23-30(24-42-33)28-11-9-26(10-12-28)27-13-15-29(16-14-27)34-25-43-37(44-34)36-8-6-20-48(36)39(50)32(18-22-54-2)46-41(52)56-4/h9-16,24-25,31-32,35-36H,5-8,17-23H2,1-4H3,(H,43,44)(H,45,51)(H,46,52)/t31-,32-,35-,36-/m0/s1. The highest BCUT2D eigenvalue weighted by Gasteiger charge is 2.38. The molecule has 2 saturated heterocycles. The molecule has 56 heavy (non-hydrogen) atoms. The van der Waals surface area contributed by atoms with Gasteiger partial charge in [-0.3, -0.25) is 14.6 Å². The van der Waals surface area contributed by atoms with Gasteiger partial charge in [-0.25, -0.2) is 14.6 Å². The average Bonchev–Trinajstić information content (AvgIpc) is 4.07. The largest absolute Gasteiger partial charge is 0.453 e. The van der Waals surface area contributed by atoms with Gasteiger partial charge in [0.2, 0.25) is 11.8 Å². The number of hydrogen-bond acceptors (Lipinski definition) is 10. The van der Waals surface area contributed by atoms with Crippen LogP contribution in [0.5, 0.6) is 0 Å². The van der Waals surface area contributed by atoms with Crippen LogP contribution in [0.4, 0.5) is 9.59 Å². The first kappa shape index (κ1) is 40.1. The van der Waals surface area contributed by atoms with Crippen LogP contribution in [-0.4, -0.2) is 122 Å². The summed E-state index contributed by atoms with van der Waals surface area (Å²) >= 11 is 0. The molecular formula is C41H51N7O8. The van der Waals surface area contributed by atoms with Crippen LogP contribution in [0.2, 0.25) is 0 Å². The van der Waals surface area contributed by atoms with Crippen molar-refractivity contribution in [3.8, 4) is 22.4 Å². The van der Waals surface area contributed by atoms with Gasteiger partial charge in [0.05, 0.1) is 38.2 Å². The average molecular weight is 770 g/mol. The number of hydrogen-bond donors (Lipinski definition) is 3. The monoisotopic (exact) mass is 769 g/mol. The Morgan fingerprint density at radius 3 is 1.77 bits per heavy atom. The van der Waals surface area contributed by atoms with Crippen LogP contribution >= 0.6 is 0 Å². The number of methoxy groups -OCH3 is 4. The van der Waals surface area contributed by atoms with E-state index in [2.05, 4.69) is 57.0 Å². The fourth-order valence-corrected chi connectivity index (χ4v) is 7.68. The van der Waals surface area contributed by atoms with Gasteiger partial charge in [-0.15, -0.1) is 0 Å². The topological polar surface area (TPSA) is 177 Å².